The molecule has 0 spiro atoms. The molecule has 2 rings (SSSR count). The van der Waals surface area contributed by atoms with Crippen molar-refractivity contribution in [3.63, 3.8) is 0 Å². The average Bonchev–Trinajstić information content (AvgIpc) is 2.61. The van der Waals surface area contributed by atoms with Gasteiger partial charge < -0.3 is 4.98 Å². The fourth-order valence-electron chi connectivity index (χ4n) is 1.50. The smallest absolute Gasteiger partial charge is 0.0921 e. The van der Waals surface area contributed by atoms with Gasteiger partial charge in [0.2, 0.25) is 0 Å². The van der Waals surface area contributed by atoms with Crippen LogP contribution in [0.3, 0.4) is 0 Å². The zero-order valence-corrected chi connectivity index (χ0v) is 6.62. The number of H-pyrrole nitrogens is 1. The Balaban J connectivity index is 2.02. The Morgan fingerprint density at radius 2 is 2.64 bits per heavy atom. The number of aromatic nitrogens is 2. The highest BCUT2D eigenvalue weighted by Gasteiger charge is 2.36. The molecule has 1 aromatic heterocycles. The zero-order chi connectivity index (χ0) is 7.68. The van der Waals surface area contributed by atoms with Gasteiger partial charge in [-0.05, 0) is 19.3 Å². The Morgan fingerprint density at radius 1 is 1.73 bits per heavy atom. The van der Waals surface area contributed by atoms with E-state index in [1.807, 2.05) is 6.20 Å². The number of hydrogen-bond acceptors (Lipinski definition) is 1. The summed E-state index contributed by atoms with van der Waals surface area (Å²) < 4.78 is 0. The van der Waals surface area contributed by atoms with Gasteiger partial charge in [-0.2, -0.15) is 0 Å². The van der Waals surface area contributed by atoms with Gasteiger partial charge in [0.05, 0.1) is 6.33 Å². The van der Waals surface area contributed by atoms with Gasteiger partial charge in [-0.1, -0.05) is 12.2 Å². The van der Waals surface area contributed by atoms with Gasteiger partial charge in [0.25, 0.3) is 0 Å². The summed E-state index contributed by atoms with van der Waals surface area (Å²) in [5, 5.41) is 0. The minimum Gasteiger partial charge on any atom is -0.348 e. The summed E-state index contributed by atoms with van der Waals surface area (Å²) in [4.78, 5) is 7.14. The molecule has 2 atom stereocenters. The maximum atomic E-state index is 4.00. The van der Waals surface area contributed by atoms with E-state index in [4.69, 9.17) is 0 Å². The SMILES string of the molecule is C/C=C\C1CC1c1cnc[nH]1. The molecular formula is C9H12N2. The summed E-state index contributed by atoms with van der Waals surface area (Å²) >= 11 is 0. The normalized spacial score (nSPS) is 29.5. The van der Waals surface area contributed by atoms with E-state index in [1.54, 1.807) is 6.33 Å². The van der Waals surface area contributed by atoms with Gasteiger partial charge in [-0.15, -0.1) is 0 Å². The molecule has 2 heteroatoms. The fourth-order valence-corrected chi connectivity index (χ4v) is 1.50. The number of hydrogen-bond donors (Lipinski definition) is 1. The van der Waals surface area contributed by atoms with Crippen LogP contribution in [0.2, 0.25) is 0 Å². The number of nitrogens with one attached hydrogen (secondary N) is 1. The van der Waals surface area contributed by atoms with Gasteiger partial charge in [0.1, 0.15) is 0 Å². The van der Waals surface area contributed by atoms with E-state index in [-0.39, 0.29) is 0 Å². The second kappa shape index (κ2) is 2.53. The van der Waals surface area contributed by atoms with Crippen molar-refractivity contribution in [3.8, 4) is 0 Å². The van der Waals surface area contributed by atoms with Crippen molar-refractivity contribution in [3.05, 3.63) is 30.4 Å². The van der Waals surface area contributed by atoms with E-state index in [0.29, 0.717) is 5.92 Å². The third-order valence-electron chi connectivity index (χ3n) is 2.20. The summed E-state index contributed by atoms with van der Waals surface area (Å²) in [6.07, 6.45) is 9.35. The van der Waals surface area contributed by atoms with Crippen LogP contribution in [0.5, 0.6) is 0 Å². The molecule has 1 heterocycles. The maximum absolute atomic E-state index is 4.00. The third-order valence-corrected chi connectivity index (χ3v) is 2.20. The van der Waals surface area contributed by atoms with Gasteiger partial charge in [0.15, 0.2) is 0 Å². The lowest BCUT2D eigenvalue weighted by molar-refractivity contribution is 0.968. The summed E-state index contributed by atoms with van der Waals surface area (Å²) in [7, 11) is 0. The Labute approximate surface area is 66.4 Å². The van der Waals surface area contributed by atoms with Crippen LogP contribution in [0.15, 0.2) is 24.7 Å². The molecule has 1 saturated carbocycles. The van der Waals surface area contributed by atoms with Crippen LogP contribution in [-0.4, -0.2) is 9.97 Å². The molecule has 1 aliphatic carbocycles. The standard InChI is InChI=1S/C9H12N2/c1-2-3-7-4-8(7)9-5-10-6-11-9/h2-3,5-8H,4H2,1H3,(H,10,11)/b3-2-. The molecule has 2 nitrogen and oxygen atoms in total. The van der Waals surface area contributed by atoms with Crippen molar-refractivity contribution < 1.29 is 0 Å². The molecular weight excluding hydrogens is 136 g/mol. The summed E-state index contributed by atoms with van der Waals surface area (Å²) in [6, 6.07) is 0. The van der Waals surface area contributed by atoms with Crippen molar-refractivity contribution in [1.82, 2.24) is 9.97 Å². The minimum absolute atomic E-state index is 0.716. The van der Waals surface area contributed by atoms with Crippen LogP contribution in [0.4, 0.5) is 0 Å². The first-order chi connectivity index (χ1) is 5.42. The van der Waals surface area contributed by atoms with Crippen molar-refractivity contribution >= 4 is 0 Å². The van der Waals surface area contributed by atoms with Crippen LogP contribution in [0.1, 0.15) is 25.0 Å². The molecule has 2 unspecified atom stereocenters. The zero-order valence-electron chi connectivity index (χ0n) is 6.62. The summed E-state index contributed by atoms with van der Waals surface area (Å²) in [5.41, 5.74) is 1.29. The molecule has 0 aromatic carbocycles. The molecule has 0 radical (unpaired) electrons. The lowest BCUT2D eigenvalue weighted by atomic mass is 10.2. The minimum atomic E-state index is 0.716. The van der Waals surface area contributed by atoms with E-state index in [2.05, 4.69) is 29.0 Å². The first-order valence-electron chi connectivity index (χ1n) is 4.03. The maximum Gasteiger partial charge on any atom is 0.0921 e. The monoisotopic (exact) mass is 148 g/mol. The second-order valence-corrected chi connectivity index (χ2v) is 3.04. The molecule has 1 aromatic rings. The highest BCUT2D eigenvalue weighted by atomic mass is 14.9. The largest absolute Gasteiger partial charge is 0.348 e. The molecule has 1 fully saturated rings. The number of imidazole rings is 1. The average molecular weight is 148 g/mol. The van der Waals surface area contributed by atoms with Gasteiger partial charge >= 0.3 is 0 Å². The van der Waals surface area contributed by atoms with E-state index >= 15 is 0 Å². The van der Waals surface area contributed by atoms with Crippen LogP contribution < -0.4 is 0 Å². The summed E-state index contributed by atoms with van der Waals surface area (Å²) in [6.45, 7) is 2.07. The lowest BCUT2D eigenvalue weighted by Gasteiger charge is -1.88. The second-order valence-electron chi connectivity index (χ2n) is 3.04. The first-order valence-corrected chi connectivity index (χ1v) is 4.03. The van der Waals surface area contributed by atoms with Crippen LogP contribution >= 0.6 is 0 Å². The third kappa shape index (κ3) is 1.20. The highest BCUT2D eigenvalue weighted by Crippen LogP contribution is 2.47. The van der Waals surface area contributed by atoms with Gasteiger partial charge in [-0.3, -0.25) is 0 Å². The quantitative estimate of drug-likeness (QED) is 0.639. The van der Waals surface area contributed by atoms with Gasteiger partial charge in [0, 0.05) is 17.8 Å². The first kappa shape index (κ1) is 6.65. The fraction of sp³-hybridized carbons (Fsp3) is 0.444. The van der Waals surface area contributed by atoms with E-state index in [0.717, 1.165) is 5.92 Å². The van der Waals surface area contributed by atoms with Gasteiger partial charge in [-0.25, -0.2) is 4.98 Å². The number of rotatable bonds is 2. The summed E-state index contributed by atoms with van der Waals surface area (Å²) in [5.74, 6) is 1.48. The molecule has 11 heavy (non-hydrogen) atoms. The molecule has 0 bridgehead atoms. The van der Waals surface area contributed by atoms with Crippen molar-refractivity contribution in [2.24, 2.45) is 5.92 Å². The van der Waals surface area contributed by atoms with Crippen LogP contribution in [-0.2, 0) is 0 Å². The molecule has 58 valence electrons. The molecule has 0 aliphatic heterocycles. The van der Waals surface area contributed by atoms with Crippen LogP contribution in [0.25, 0.3) is 0 Å². The topological polar surface area (TPSA) is 28.7 Å². The molecule has 1 aliphatic rings. The number of nitrogens with zero attached hydrogens (tertiary/aromatic N) is 1. The Morgan fingerprint density at radius 3 is 3.27 bits per heavy atom. The number of aromatic amines is 1. The van der Waals surface area contributed by atoms with E-state index in [1.165, 1.54) is 12.1 Å². The predicted molar refractivity (Wildman–Crippen MR) is 44.2 cm³/mol. The predicted octanol–water partition coefficient (Wildman–Crippen LogP) is 2.09. The van der Waals surface area contributed by atoms with Crippen molar-refractivity contribution in [1.29, 1.82) is 0 Å². The molecule has 0 amide bonds. The highest BCUT2D eigenvalue weighted by molar-refractivity contribution is 5.19. The van der Waals surface area contributed by atoms with Crippen molar-refractivity contribution in [2.75, 3.05) is 0 Å². The Kier molecular flexibility index (Phi) is 1.53. The van der Waals surface area contributed by atoms with Crippen molar-refractivity contribution in [2.45, 2.75) is 19.3 Å². The Bertz CT molecular complexity index is 249. The van der Waals surface area contributed by atoms with E-state index in [9.17, 15) is 0 Å². The molecule has 1 N–H and O–H groups in total. The Hall–Kier alpha value is -1.05. The molecule has 0 saturated heterocycles. The van der Waals surface area contributed by atoms with E-state index < -0.39 is 0 Å². The van der Waals surface area contributed by atoms with Crippen LogP contribution in [0, 0.1) is 5.92 Å². The lowest BCUT2D eigenvalue weighted by Crippen LogP contribution is -1.79. The number of allylic oxidation sites excluding steroid dienone is 2.